The molecule has 102 valence electrons. The molecule has 0 aliphatic rings. The molecule has 0 aromatic heterocycles. The van der Waals surface area contributed by atoms with Crippen LogP contribution in [0.3, 0.4) is 0 Å². The van der Waals surface area contributed by atoms with Crippen molar-refractivity contribution in [1.29, 1.82) is 0 Å². The molecule has 0 aliphatic heterocycles. The van der Waals surface area contributed by atoms with E-state index in [1.807, 2.05) is 0 Å². The fraction of sp³-hybridized carbons (Fsp3) is 0.400. The van der Waals surface area contributed by atoms with Crippen molar-refractivity contribution in [3.05, 3.63) is 29.3 Å². The largest absolute Gasteiger partial charge is 0.252 e. The molecule has 8 heteroatoms. The first-order valence-corrected chi connectivity index (χ1v) is 7.91. The molecular formula is C10H11BrClF2NO2S. The number of rotatable bonds is 6. The van der Waals surface area contributed by atoms with Gasteiger partial charge in [0.25, 0.3) is 6.43 Å². The Morgan fingerprint density at radius 2 is 2.06 bits per heavy atom. The van der Waals surface area contributed by atoms with Crippen LogP contribution < -0.4 is 0 Å². The lowest BCUT2D eigenvalue weighted by atomic mass is 10.4. The van der Waals surface area contributed by atoms with Crippen molar-refractivity contribution in [3.63, 3.8) is 0 Å². The summed E-state index contributed by atoms with van der Waals surface area (Å²) in [6.07, 6.45) is -2.72. The first-order valence-electron chi connectivity index (χ1n) is 4.97. The normalized spacial score (nSPS) is 12.3. The highest BCUT2D eigenvalue weighted by molar-refractivity contribution is 9.09. The van der Waals surface area contributed by atoms with Gasteiger partial charge in [0.05, 0.1) is 11.4 Å². The summed E-state index contributed by atoms with van der Waals surface area (Å²) >= 11 is 8.74. The number of alkyl halides is 3. The molecule has 0 amide bonds. The van der Waals surface area contributed by atoms with Gasteiger partial charge < -0.3 is 0 Å². The Hall–Kier alpha value is -0.240. The fourth-order valence-corrected chi connectivity index (χ4v) is 3.72. The summed E-state index contributed by atoms with van der Waals surface area (Å²) in [5.41, 5.74) is 0. The summed E-state index contributed by atoms with van der Waals surface area (Å²) in [6, 6.07) is 5.55. The summed E-state index contributed by atoms with van der Waals surface area (Å²) in [5.74, 6) is 0. The monoisotopic (exact) mass is 361 g/mol. The molecule has 0 aliphatic carbocycles. The highest BCUT2D eigenvalue weighted by Crippen LogP contribution is 2.20. The third-order valence-electron chi connectivity index (χ3n) is 2.11. The summed E-state index contributed by atoms with van der Waals surface area (Å²) in [5, 5.41) is 0.520. The second-order valence-corrected chi connectivity index (χ2v) is 6.57. The van der Waals surface area contributed by atoms with Crippen LogP contribution in [0.4, 0.5) is 8.78 Å². The Kier molecular flexibility index (Phi) is 5.97. The maximum Gasteiger partial charge on any atom is 0.252 e. The SMILES string of the molecule is O=S(=O)(c1cccc(Cl)c1)N(CCBr)CC(F)F. The third kappa shape index (κ3) is 4.15. The van der Waals surface area contributed by atoms with Gasteiger partial charge in [-0.2, -0.15) is 4.31 Å². The van der Waals surface area contributed by atoms with Gasteiger partial charge in [0, 0.05) is 16.9 Å². The maximum atomic E-state index is 12.4. The molecule has 0 saturated heterocycles. The van der Waals surface area contributed by atoms with Crippen LogP contribution in [0.5, 0.6) is 0 Å². The summed E-state index contributed by atoms with van der Waals surface area (Å²) < 4.78 is 49.8. The average molecular weight is 363 g/mol. The minimum atomic E-state index is -3.94. The van der Waals surface area contributed by atoms with Crippen LogP contribution in [-0.4, -0.2) is 37.6 Å². The smallest absolute Gasteiger partial charge is 0.209 e. The number of hydrogen-bond donors (Lipinski definition) is 0. The number of sulfonamides is 1. The van der Waals surface area contributed by atoms with Crippen molar-refractivity contribution >= 4 is 37.6 Å². The van der Waals surface area contributed by atoms with Gasteiger partial charge in [-0.05, 0) is 18.2 Å². The van der Waals surface area contributed by atoms with Crippen LogP contribution in [0.25, 0.3) is 0 Å². The van der Waals surface area contributed by atoms with Crippen LogP contribution in [0.2, 0.25) is 5.02 Å². The molecule has 0 saturated carbocycles. The van der Waals surface area contributed by atoms with Gasteiger partial charge in [-0.15, -0.1) is 0 Å². The molecule has 1 rings (SSSR count). The first-order chi connectivity index (χ1) is 8.37. The van der Waals surface area contributed by atoms with Crippen molar-refractivity contribution in [3.8, 4) is 0 Å². The van der Waals surface area contributed by atoms with E-state index in [1.165, 1.54) is 24.3 Å². The zero-order chi connectivity index (χ0) is 13.8. The van der Waals surface area contributed by atoms with Crippen LogP contribution in [0.1, 0.15) is 0 Å². The van der Waals surface area contributed by atoms with Gasteiger partial charge in [-0.25, -0.2) is 17.2 Å². The molecule has 0 bridgehead atoms. The predicted molar refractivity (Wildman–Crippen MR) is 70.0 cm³/mol. The Morgan fingerprint density at radius 3 is 2.56 bits per heavy atom. The van der Waals surface area contributed by atoms with E-state index >= 15 is 0 Å². The molecular weight excluding hydrogens is 352 g/mol. The lowest BCUT2D eigenvalue weighted by Crippen LogP contribution is -2.36. The summed E-state index contributed by atoms with van der Waals surface area (Å²) in [4.78, 5) is -0.0865. The molecule has 0 heterocycles. The first kappa shape index (κ1) is 15.8. The molecule has 0 N–H and O–H groups in total. The van der Waals surface area contributed by atoms with E-state index < -0.39 is 23.0 Å². The van der Waals surface area contributed by atoms with Gasteiger partial charge in [0.15, 0.2) is 0 Å². The van der Waals surface area contributed by atoms with Crippen molar-refractivity contribution in [2.45, 2.75) is 11.3 Å². The molecule has 0 fully saturated rings. The molecule has 0 unspecified atom stereocenters. The Morgan fingerprint density at radius 1 is 1.39 bits per heavy atom. The van der Waals surface area contributed by atoms with Crippen molar-refractivity contribution < 1.29 is 17.2 Å². The zero-order valence-electron chi connectivity index (χ0n) is 9.19. The Labute approximate surface area is 118 Å². The highest BCUT2D eigenvalue weighted by atomic mass is 79.9. The van der Waals surface area contributed by atoms with Gasteiger partial charge in [0.2, 0.25) is 10.0 Å². The molecule has 3 nitrogen and oxygen atoms in total. The van der Waals surface area contributed by atoms with Gasteiger partial charge >= 0.3 is 0 Å². The van der Waals surface area contributed by atoms with Crippen LogP contribution in [0, 0.1) is 0 Å². The zero-order valence-corrected chi connectivity index (χ0v) is 12.4. The molecule has 18 heavy (non-hydrogen) atoms. The quantitative estimate of drug-likeness (QED) is 0.730. The molecule has 1 aromatic rings. The predicted octanol–water partition coefficient (Wildman–Crippen LogP) is 2.99. The summed E-state index contributed by atoms with van der Waals surface area (Å²) in [7, 11) is -3.94. The van der Waals surface area contributed by atoms with E-state index in [0.717, 1.165) is 4.31 Å². The van der Waals surface area contributed by atoms with E-state index in [0.29, 0.717) is 0 Å². The lowest BCUT2D eigenvalue weighted by Gasteiger charge is -2.20. The maximum absolute atomic E-state index is 12.4. The van der Waals surface area contributed by atoms with Crippen molar-refractivity contribution in [1.82, 2.24) is 4.31 Å². The van der Waals surface area contributed by atoms with Crippen LogP contribution >= 0.6 is 27.5 Å². The number of halogens is 4. The van der Waals surface area contributed by atoms with E-state index in [-0.39, 0.29) is 21.8 Å². The third-order valence-corrected chi connectivity index (χ3v) is 4.56. The number of nitrogens with zero attached hydrogens (tertiary/aromatic N) is 1. The standard InChI is InChI=1S/C10H11BrClF2NO2S/c11-4-5-15(7-10(13)14)18(16,17)9-3-1-2-8(12)6-9/h1-3,6,10H,4-5,7H2. The highest BCUT2D eigenvalue weighted by Gasteiger charge is 2.26. The molecule has 0 spiro atoms. The van der Waals surface area contributed by atoms with Crippen LogP contribution in [0.15, 0.2) is 29.2 Å². The number of hydrogen-bond acceptors (Lipinski definition) is 2. The van der Waals surface area contributed by atoms with E-state index in [9.17, 15) is 17.2 Å². The lowest BCUT2D eigenvalue weighted by molar-refractivity contribution is 0.121. The van der Waals surface area contributed by atoms with Gasteiger partial charge in [0.1, 0.15) is 0 Å². The second-order valence-electron chi connectivity index (χ2n) is 3.40. The van der Waals surface area contributed by atoms with Crippen molar-refractivity contribution in [2.24, 2.45) is 0 Å². The average Bonchev–Trinajstić information content (AvgIpc) is 2.28. The second kappa shape index (κ2) is 6.79. The minimum Gasteiger partial charge on any atom is -0.209 e. The Bertz CT molecular complexity index is 498. The van der Waals surface area contributed by atoms with Gasteiger partial charge in [-0.1, -0.05) is 33.6 Å². The molecule has 0 radical (unpaired) electrons. The van der Waals surface area contributed by atoms with E-state index in [1.54, 1.807) is 0 Å². The molecule has 1 aromatic carbocycles. The topological polar surface area (TPSA) is 37.4 Å². The molecule has 0 atom stereocenters. The van der Waals surface area contributed by atoms with Crippen molar-refractivity contribution in [2.75, 3.05) is 18.4 Å². The minimum absolute atomic E-state index is 0.0286. The number of benzene rings is 1. The van der Waals surface area contributed by atoms with Crippen LogP contribution in [-0.2, 0) is 10.0 Å². The Balaban J connectivity index is 3.08. The van der Waals surface area contributed by atoms with E-state index in [4.69, 9.17) is 11.6 Å². The van der Waals surface area contributed by atoms with Gasteiger partial charge in [-0.3, -0.25) is 0 Å². The van der Waals surface area contributed by atoms with E-state index in [2.05, 4.69) is 15.9 Å². The summed E-state index contributed by atoms with van der Waals surface area (Å²) in [6.45, 7) is -0.861. The fourth-order valence-electron chi connectivity index (χ4n) is 1.33.